The van der Waals surface area contributed by atoms with Crippen LogP contribution in [0.3, 0.4) is 0 Å². The second kappa shape index (κ2) is 8.45. The van der Waals surface area contributed by atoms with Crippen LogP contribution in [-0.4, -0.2) is 19.5 Å². The summed E-state index contributed by atoms with van der Waals surface area (Å²) in [4.78, 5) is 14.1. The summed E-state index contributed by atoms with van der Waals surface area (Å²) in [5.41, 5.74) is -5.84. The number of rotatable bonds is 3. The quantitative estimate of drug-likeness (QED) is 0.230. The Kier molecular flexibility index (Phi) is 2.53. The van der Waals surface area contributed by atoms with Crippen molar-refractivity contribution in [2.45, 2.75) is 19.1 Å². The molecule has 4 heteroatoms. The van der Waals surface area contributed by atoms with Gasteiger partial charge in [-0.05, 0) is 34.3 Å². The summed E-state index contributed by atoms with van der Waals surface area (Å²) in [5.74, 6) is -0.123. The molecule has 190 valence electrons. The zero-order valence-electron chi connectivity index (χ0n) is 36.6. The molecule has 2 aromatic heterocycles. The summed E-state index contributed by atoms with van der Waals surface area (Å²) in [6, 6.07) is 9.29. The molecule has 7 aromatic rings. The van der Waals surface area contributed by atoms with Crippen LogP contribution in [0, 0.1) is 0 Å². The van der Waals surface area contributed by atoms with E-state index in [0.717, 1.165) is 4.57 Å². The predicted molar refractivity (Wildman–Crippen MR) is 163 cm³/mol. The molecule has 1 aliphatic rings. The minimum absolute atomic E-state index is 0.0967. The molecule has 40 heavy (non-hydrogen) atoms. The Morgan fingerprint density at radius 3 is 2.00 bits per heavy atom. The van der Waals surface area contributed by atoms with E-state index in [-0.39, 0.29) is 23.1 Å². The van der Waals surface area contributed by atoms with Gasteiger partial charge in [-0.25, -0.2) is 4.98 Å². The Morgan fingerprint density at radius 2 is 1.30 bits per heavy atom. The maximum absolute atomic E-state index is 9.50. The molecule has 0 amide bonds. The molecule has 1 aliphatic carbocycles. The van der Waals surface area contributed by atoms with Gasteiger partial charge in [0.1, 0.15) is 0 Å². The van der Waals surface area contributed by atoms with Crippen LogP contribution in [0.5, 0.6) is 0 Å². The SMILES string of the molecule is [2H]c1c([2H])c([2H])c2c(c1[2H])-c1c([2H])c([2H])c3c(c1C2(C([2H])([2H])[2H])C([2H])([2H])[2H])c1c([2H])c([2H])c([2H])c([2H])c1n3-c1nc(-c2ccccc2)nc(-c2ccccc2)n1. The molecule has 0 saturated carbocycles. The largest absolute Gasteiger partial charge is 0.278 e. The van der Waals surface area contributed by atoms with E-state index in [2.05, 4.69) is 4.98 Å². The number of hydrogen-bond donors (Lipinski definition) is 0. The summed E-state index contributed by atoms with van der Waals surface area (Å²) in [5, 5.41) is -0.911. The fraction of sp³-hybridized carbons (Fsp3) is 0.0833. The van der Waals surface area contributed by atoms with Crippen LogP contribution in [-0.2, 0) is 5.41 Å². The predicted octanol–water partition coefficient (Wildman–Crippen LogP) is 8.61. The third kappa shape index (κ3) is 3.23. The van der Waals surface area contributed by atoms with E-state index in [4.69, 9.17) is 26.4 Å². The highest BCUT2D eigenvalue weighted by atomic mass is 15.2. The lowest BCUT2D eigenvalue weighted by Gasteiger charge is -2.22. The van der Waals surface area contributed by atoms with Gasteiger partial charge in [0.2, 0.25) is 5.95 Å². The van der Waals surface area contributed by atoms with Gasteiger partial charge in [0, 0.05) is 35.5 Å². The van der Waals surface area contributed by atoms with Gasteiger partial charge in [-0.15, -0.1) is 0 Å². The van der Waals surface area contributed by atoms with E-state index in [9.17, 15) is 5.48 Å². The number of benzene rings is 5. The topological polar surface area (TPSA) is 43.6 Å². The summed E-state index contributed by atoms with van der Waals surface area (Å²) in [6.45, 7) is -7.29. The molecule has 0 bridgehead atoms. The normalized spacial score (nSPS) is 19.8. The van der Waals surface area contributed by atoms with Gasteiger partial charge in [0.25, 0.3) is 0 Å². The Hall–Kier alpha value is -5.09. The zero-order chi connectivity index (χ0) is 40.5. The third-order valence-electron chi connectivity index (χ3n) is 6.98. The molecule has 2 heterocycles. The molecule has 0 N–H and O–H groups in total. The summed E-state index contributed by atoms with van der Waals surface area (Å²) in [7, 11) is 0. The molecule has 4 nitrogen and oxygen atoms in total. The lowest BCUT2D eigenvalue weighted by Crippen LogP contribution is -2.15. The van der Waals surface area contributed by atoms with Gasteiger partial charge in [-0.2, -0.15) is 9.97 Å². The van der Waals surface area contributed by atoms with Crippen LogP contribution in [0.25, 0.3) is 61.7 Å². The van der Waals surface area contributed by atoms with Gasteiger partial charge in [0.15, 0.2) is 11.6 Å². The highest BCUT2D eigenvalue weighted by Gasteiger charge is 2.38. The first-order valence-corrected chi connectivity index (χ1v) is 12.3. The molecule has 0 radical (unpaired) electrons. The van der Waals surface area contributed by atoms with Gasteiger partial charge >= 0.3 is 0 Å². The molecule has 0 unspecified atom stereocenters. The van der Waals surface area contributed by atoms with Crippen LogP contribution in [0.2, 0.25) is 0 Å². The average Bonchev–Trinajstić information content (AvgIpc) is 3.70. The van der Waals surface area contributed by atoms with Crippen molar-refractivity contribution < 1.29 is 21.9 Å². The molecule has 0 spiro atoms. The standard InChI is InChI=1S/C36H26N4/c1-36(2)28-19-11-9-17-25(28)26-21-22-30-31(32(26)36)27-18-10-12-20-29(27)40(30)35-38-33(23-13-5-3-6-14-23)37-34(39-35)24-15-7-4-8-16-24/h3-22H,1-2H3/i1D3,2D3,9D,10D,11D,12D,17D,18D,19D,20D,21D,22D. The molecule has 0 saturated heterocycles. The monoisotopic (exact) mass is 530 g/mol. The molecule has 0 fully saturated rings. The smallest absolute Gasteiger partial charge is 0.238 e. The maximum atomic E-state index is 9.50. The van der Waals surface area contributed by atoms with Crippen molar-refractivity contribution in [2.24, 2.45) is 0 Å². The number of aromatic nitrogens is 4. The van der Waals surface area contributed by atoms with E-state index in [1.54, 1.807) is 60.7 Å². The Labute approximate surface area is 255 Å². The Bertz CT molecular complexity index is 2760. The van der Waals surface area contributed by atoms with Crippen molar-refractivity contribution >= 4 is 21.8 Å². The lowest BCUT2D eigenvalue weighted by molar-refractivity contribution is 0.666. The van der Waals surface area contributed by atoms with E-state index >= 15 is 0 Å². The number of nitrogens with zero attached hydrogens (tertiary/aromatic N) is 4. The molecule has 0 atom stereocenters. The fourth-order valence-electron chi connectivity index (χ4n) is 5.23. The fourth-order valence-corrected chi connectivity index (χ4v) is 5.23. The van der Waals surface area contributed by atoms with Crippen molar-refractivity contribution in [3.63, 3.8) is 0 Å². The lowest BCUT2D eigenvalue weighted by atomic mass is 9.80. The summed E-state index contributed by atoms with van der Waals surface area (Å²) >= 11 is 0. The van der Waals surface area contributed by atoms with Crippen molar-refractivity contribution in [3.8, 4) is 39.9 Å². The van der Waals surface area contributed by atoms with E-state index in [1.807, 2.05) is 0 Å². The minimum atomic E-state index is -3.65. The summed E-state index contributed by atoms with van der Waals surface area (Å²) < 4.78 is 144. The molecular formula is C36H26N4. The van der Waals surface area contributed by atoms with Crippen molar-refractivity contribution in [2.75, 3.05) is 0 Å². The van der Waals surface area contributed by atoms with Crippen LogP contribution < -0.4 is 0 Å². The third-order valence-corrected chi connectivity index (χ3v) is 6.98. The number of fused-ring (bicyclic) bond motifs is 7. The summed E-state index contributed by atoms with van der Waals surface area (Å²) in [6.07, 6.45) is 0. The van der Waals surface area contributed by atoms with E-state index < -0.39 is 118 Å². The van der Waals surface area contributed by atoms with Gasteiger partial charge in [-0.3, -0.25) is 4.57 Å². The van der Waals surface area contributed by atoms with Crippen LogP contribution in [0.4, 0.5) is 0 Å². The van der Waals surface area contributed by atoms with Crippen LogP contribution in [0.15, 0.2) is 121 Å². The van der Waals surface area contributed by atoms with Crippen molar-refractivity contribution in [1.82, 2.24) is 19.5 Å². The molecule has 8 rings (SSSR count). The van der Waals surface area contributed by atoms with Crippen molar-refractivity contribution in [1.29, 1.82) is 0 Å². The van der Waals surface area contributed by atoms with Crippen LogP contribution in [0.1, 0.15) is 46.8 Å². The molecule has 0 aliphatic heterocycles. The highest BCUT2D eigenvalue weighted by molar-refractivity contribution is 6.14. The second-order valence-corrected chi connectivity index (χ2v) is 9.30. The van der Waals surface area contributed by atoms with Crippen LogP contribution >= 0.6 is 0 Å². The van der Waals surface area contributed by atoms with Gasteiger partial charge < -0.3 is 0 Å². The van der Waals surface area contributed by atoms with Crippen molar-refractivity contribution in [3.05, 3.63) is 132 Å². The minimum Gasteiger partial charge on any atom is -0.278 e. The Balaban J connectivity index is 1.70. The van der Waals surface area contributed by atoms with Gasteiger partial charge in [0.05, 0.1) is 24.7 Å². The van der Waals surface area contributed by atoms with E-state index in [0.29, 0.717) is 11.1 Å². The highest BCUT2D eigenvalue weighted by Crippen LogP contribution is 2.53. The molecular weight excluding hydrogens is 488 g/mol. The van der Waals surface area contributed by atoms with E-state index in [1.165, 1.54) is 0 Å². The first-order valence-electron chi connectivity index (χ1n) is 20.3. The van der Waals surface area contributed by atoms with Gasteiger partial charge in [-0.1, -0.05) is 123 Å². The number of para-hydroxylation sites is 1. The zero-order valence-corrected chi connectivity index (χ0v) is 20.6. The first kappa shape index (κ1) is 12.0. The molecule has 5 aromatic carbocycles. The first-order chi connectivity index (χ1) is 26.3. The number of hydrogen-bond acceptors (Lipinski definition) is 3. The maximum Gasteiger partial charge on any atom is 0.238 e. The Morgan fingerprint density at radius 1 is 0.650 bits per heavy atom. The second-order valence-electron chi connectivity index (χ2n) is 9.30. The average molecular weight is 531 g/mol.